The van der Waals surface area contributed by atoms with Crippen molar-refractivity contribution in [3.8, 4) is 0 Å². The summed E-state index contributed by atoms with van der Waals surface area (Å²) in [4.78, 5) is 28.4. The van der Waals surface area contributed by atoms with Crippen LogP contribution in [0.15, 0.2) is 52.9 Å². The topological polar surface area (TPSA) is 72.7 Å². The van der Waals surface area contributed by atoms with Gasteiger partial charge >= 0.3 is 6.09 Å². The number of thiazole rings is 1. The van der Waals surface area contributed by atoms with E-state index >= 15 is 0 Å². The minimum absolute atomic E-state index is 0.0870. The molecule has 1 aromatic carbocycles. The highest BCUT2D eigenvalue weighted by molar-refractivity contribution is 7.15. The smallest absolute Gasteiger partial charge is 0.412 e. The lowest BCUT2D eigenvalue weighted by molar-refractivity contribution is 0.155. The van der Waals surface area contributed by atoms with Crippen molar-refractivity contribution in [3.05, 3.63) is 64.0 Å². The molecule has 3 aromatic rings. The van der Waals surface area contributed by atoms with E-state index in [1.807, 2.05) is 30.3 Å². The Bertz CT molecular complexity index is 826. The first-order valence-electron chi connectivity index (χ1n) is 6.16. The van der Waals surface area contributed by atoms with Gasteiger partial charge in [-0.05, 0) is 5.56 Å². The Balaban J connectivity index is 1.69. The number of hydrogen-bond donors (Lipinski definition) is 1. The number of ether oxygens (including phenoxy) is 1. The van der Waals surface area contributed by atoms with Crippen LogP contribution < -0.4 is 10.9 Å². The van der Waals surface area contributed by atoms with Crippen LogP contribution in [0.2, 0.25) is 0 Å². The molecule has 3 rings (SSSR count). The summed E-state index contributed by atoms with van der Waals surface area (Å²) in [5.74, 6) is 0. The predicted molar refractivity (Wildman–Crippen MR) is 79.6 cm³/mol. The maximum absolute atomic E-state index is 12.1. The summed E-state index contributed by atoms with van der Waals surface area (Å²) in [5.41, 5.74) is 0.623. The Kier molecular flexibility index (Phi) is 3.65. The number of aromatic nitrogens is 2. The van der Waals surface area contributed by atoms with Crippen LogP contribution in [-0.2, 0) is 11.3 Å². The molecule has 0 atom stereocenters. The number of amides is 1. The predicted octanol–water partition coefficient (Wildman–Crippen LogP) is 2.50. The molecule has 21 heavy (non-hydrogen) atoms. The van der Waals surface area contributed by atoms with E-state index in [2.05, 4.69) is 10.3 Å². The third kappa shape index (κ3) is 2.92. The highest BCUT2D eigenvalue weighted by Gasteiger charge is 2.10. The van der Waals surface area contributed by atoms with Crippen molar-refractivity contribution in [1.82, 2.24) is 9.38 Å². The number of nitrogens with zero attached hydrogens (tertiary/aromatic N) is 2. The summed E-state index contributed by atoms with van der Waals surface area (Å²) in [7, 11) is 0. The zero-order chi connectivity index (χ0) is 14.7. The number of anilines is 1. The lowest BCUT2D eigenvalue weighted by atomic mass is 10.2. The molecule has 0 aliphatic heterocycles. The zero-order valence-corrected chi connectivity index (χ0v) is 11.7. The van der Waals surface area contributed by atoms with E-state index in [9.17, 15) is 9.59 Å². The molecular weight excluding hydrogens is 290 g/mol. The molecule has 0 saturated carbocycles. The average Bonchev–Trinajstić information content (AvgIpc) is 2.98. The monoisotopic (exact) mass is 301 g/mol. The van der Waals surface area contributed by atoms with Crippen LogP contribution in [0, 0.1) is 0 Å². The van der Waals surface area contributed by atoms with Gasteiger partial charge < -0.3 is 4.74 Å². The van der Waals surface area contributed by atoms with Crippen molar-refractivity contribution in [2.75, 3.05) is 5.32 Å². The summed E-state index contributed by atoms with van der Waals surface area (Å²) in [5, 5.41) is 4.16. The number of carbonyl (C=O) groups is 1. The van der Waals surface area contributed by atoms with Crippen molar-refractivity contribution in [2.45, 2.75) is 6.61 Å². The van der Waals surface area contributed by atoms with E-state index < -0.39 is 6.09 Å². The highest BCUT2D eigenvalue weighted by atomic mass is 32.1. The Morgan fingerprint density at radius 1 is 1.33 bits per heavy atom. The van der Waals surface area contributed by atoms with Gasteiger partial charge in [0.2, 0.25) is 0 Å². The number of benzene rings is 1. The summed E-state index contributed by atoms with van der Waals surface area (Å²) in [6, 6.07) is 9.29. The largest absolute Gasteiger partial charge is 0.444 e. The molecule has 0 radical (unpaired) electrons. The van der Waals surface area contributed by atoms with E-state index in [4.69, 9.17) is 4.74 Å². The Morgan fingerprint density at radius 2 is 2.14 bits per heavy atom. The Morgan fingerprint density at radius 3 is 2.95 bits per heavy atom. The minimum atomic E-state index is -0.687. The normalized spacial score (nSPS) is 10.5. The molecule has 0 aliphatic rings. The standard InChI is InChI=1S/C14H11N3O3S/c18-12-11(8-15-13-17(12)6-7-21-13)16-14(19)20-9-10-4-2-1-3-5-10/h1-8H,9H2,(H,16,19). The van der Waals surface area contributed by atoms with Crippen LogP contribution in [0.3, 0.4) is 0 Å². The fourth-order valence-corrected chi connectivity index (χ4v) is 2.45. The summed E-state index contributed by atoms with van der Waals surface area (Å²) in [6.45, 7) is 0.141. The van der Waals surface area contributed by atoms with Gasteiger partial charge in [0.15, 0.2) is 4.96 Å². The maximum Gasteiger partial charge on any atom is 0.412 e. The van der Waals surface area contributed by atoms with E-state index in [-0.39, 0.29) is 17.9 Å². The number of fused-ring (bicyclic) bond motifs is 1. The number of nitrogens with one attached hydrogen (secondary N) is 1. The average molecular weight is 301 g/mol. The van der Waals surface area contributed by atoms with Crippen molar-refractivity contribution in [3.63, 3.8) is 0 Å². The molecule has 0 aliphatic carbocycles. The van der Waals surface area contributed by atoms with Gasteiger partial charge in [-0.2, -0.15) is 0 Å². The molecule has 2 heterocycles. The Labute approximate surface area is 123 Å². The second kappa shape index (κ2) is 5.76. The van der Waals surface area contributed by atoms with Crippen molar-refractivity contribution in [1.29, 1.82) is 0 Å². The van der Waals surface area contributed by atoms with Crippen LogP contribution in [0.5, 0.6) is 0 Å². The third-order valence-corrected chi connectivity index (χ3v) is 3.56. The van der Waals surface area contributed by atoms with Crippen LogP contribution in [-0.4, -0.2) is 15.5 Å². The van der Waals surface area contributed by atoms with Gasteiger partial charge in [-0.3, -0.25) is 14.5 Å². The molecule has 1 N–H and O–H groups in total. The molecule has 7 heteroatoms. The van der Waals surface area contributed by atoms with E-state index in [0.717, 1.165) is 5.56 Å². The minimum Gasteiger partial charge on any atom is -0.444 e. The Hall–Kier alpha value is -2.67. The molecule has 0 spiro atoms. The lowest BCUT2D eigenvalue weighted by Crippen LogP contribution is -2.22. The molecule has 0 saturated heterocycles. The first-order chi connectivity index (χ1) is 10.2. The quantitative estimate of drug-likeness (QED) is 0.806. The molecule has 1 amide bonds. The van der Waals surface area contributed by atoms with Gasteiger partial charge in [-0.25, -0.2) is 9.78 Å². The van der Waals surface area contributed by atoms with Gasteiger partial charge in [-0.15, -0.1) is 11.3 Å². The SMILES string of the molecule is O=C(Nc1cnc2sccn2c1=O)OCc1ccccc1. The van der Waals surface area contributed by atoms with Crippen molar-refractivity contribution in [2.24, 2.45) is 0 Å². The van der Waals surface area contributed by atoms with Crippen LogP contribution >= 0.6 is 11.3 Å². The van der Waals surface area contributed by atoms with Crippen LogP contribution in [0.4, 0.5) is 10.5 Å². The highest BCUT2D eigenvalue weighted by Crippen LogP contribution is 2.08. The fraction of sp³-hybridized carbons (Fsp3) is 0.0714. The van der Waals surface area contributed by atoms with Gasteiger partial charge in [0.25, 0.3) is 5.56 Å². The second-order valence-electron chi connectivity index (χ2n) is 4.22. The first-order valence-corrected chi connectivity index (χ1v) is 7.04. The molecule has 0 unspecified atom stereocenters. The molecular formula is C14H11N3O3S. The summed E-state index contributed by atoms with van der Waals surface area (Å²) < 4.78 is 6.43. The molecule has 106 valence electrons. The van der Waals surface area contributed by atoms with Gasteiger partial charge in [0.1, 0.15) is 12.3 Å². The van der Waals surface area contributed by atoms with E-state index in [1.54, 1.807) is 11.6 Å². The molecule has 6 nitrogen and oxygen atoms in total. The number of carbonyl (C=O) groups excluding carboxylic acids is 1. The van der Waals surface area contributed by atoms with Gasteiger partial charge in [0, 0.05) is 11.6 Å². The summed E-state index contributed by atoms with van der Waals surface area (Å²) >= 11 is 1.34. The first kappa shape index (κ1) is 13.3. The molecule has 2 aromatic heterocycles. The third-order valence-electron chi connectivity index (χ3n) is 2.79. The number of hydrogen-bond acceptors (Lipinski definition) is 5. The number of rotatable bonds is 3. The molecule has 0 fully saturated rings. The van der Waals surface area contributed by atoms with Crippen molar-refractivity contribution < 1.29 is 9.53 Å². The van der Waals surface area contributed by atoms with Crippen molar-refractivity contribution >= 4 is 28.1 Å². The lowest BCUT2D eigenvalue weighted by Gasteiger charge is -2.06. The fourth-order valence-electron chi connectivity index (χ4n) is 1.78. The van der Waals surface area contributed by atoms with E-state index in [1.165, 1.54) is 21.9 Å². The van der Waals surface area contributed by atoms with Crippen LogP contribution in [0.25, 0.3) is 4.96 Å². The zero-order valence-electron chi connectivity index (χ0n) is 10.9. The molecule has 0 bridgehead atoms. The van der Waals surface area contributed by atoms with Gasteiger partial charge in [0.05, 0.1) is 6.20 Å². The maximum atomic E-state index is 12.1. The van der Waals surface area contributed by atoms with E-state index in [0.29, 0.717) is 4.96 Å². The van der Waals surface area contributed by atoms with Gasteiger partial charge in [-0.1, -0.05) is 30.3 Å². The second-order valence-corrected chi connectivity index (χ2v) is 5.09. The van der Waals surface area contributed by atoms with Crippen LogP contribution in [0.1, 0.15) is 5.56 Å². The summed E-state index contributed by atoms with van der Waals surface area (Å²) in [6.07, 6.45) is 2.25.